The van der Waals surface area contributed by atoms with Crippen LogP contribution in [0.15, 0.2) is 12.3 Å². The third kappa shape index (κ3) is 4.94. The molecule has 1 aliphatic heterocycles. The Morgan fingerprint density at radius 1 is 1.38 bits per heavy atom. The van der Waals surface area contributed by atoms with E-state index in [0.717, 1.165) is 12.5 Å². The lowest BCUT2D eigenvalue weighted by Gasteiger charge is -2.25. The lowest BCUT2D eigenvalue weighted by atomic mass is 10.0. The van der Waals surface area contributed by atoms with E-state index < -0.39 is 17.6 Å². The molecule has 1 saturated heterocycles. The second-order valence-corrected chi connectivity index (χ2v) is 6.59. The van der Waals surface area contributed by atoms with Crippen LogP contribution in [0.2, 0.25) is 0 Å². The summed E-state index contributed by atoms with van der Waals surface area (Å²) in [5, 5.41) is 2.37. The second-order valence-electron chi connectivity index (χ2n) is 6.59. The van der Waals surface area contributed by atoms with Gasteiger partial charge in [0.1, 0.15) is 0 Å². The summed E-state index contributed by atoms with van der Waals surface area (Å²) in [5.74, 6) is -0.512. The van der Waals surface area contributed by atoms with Crippen molar-refractivity contribution in [2.24, 2.45) is 0 Å². The van der Waals surface area contributed by atoms with Gasteiger partial charge in [0.2, 0.25) is 11.8 Å². The molecule has 9 heteroatoms. The maximum Gasteiger partial charge on any atom is 0.416 e. The fourth-order valence-electron chi connectivity index (χ4n) is 2.97. The minimum absolute atomic E-state index is 0.0784. The largest absolute Gasteiger partial charge is 0.416 e. The molecule has 144 valence electrons. The zero-order valence-electron chi connectivity index (χ0n) is 15.1. The molecule has 0 bridgehead atoms. The van der Waals surface area contributed by atoms with Crippen LogP contribution in [0.1, 0.15) is 42.6 Å². The van der Waals surface area contributed by atoms with Gasteiger partial charge in [0.15, 0.2) is 0 Å². The van der Waals surface area contributed by atoms with Crippen molar-refractivity contribution < 1.29 is 22.8 Å². The SMILES string of the molecule is CC(=O)NCc1cnc([C@@H]2CCCN2CC(=O)N(C)C)cc1C(F)(F)F. The number of amides is 2. The molecule has 6 nitrogen and oxygen atoms in total. The lowest BCUT2D eigenvalue weighted by Crippen LogP contribution is -2.36. The number of aromatic nitrogens is 1. The van der Waals surface area contributed by atoms with Crippen LogP contribution in [-0.4, -0.2) is 53.8 Å². The number of halogens is 3. The van der Waals surface area contributed by atoms with Gasteiger partial charge >= 0.3 is 6.18 Å². The van der Waals surface area contributed by atoms with Crippen molar-refractivity contribution in [3.63, 3.8) is 0 Å². The van der Waals surface area contributed by atoms with Crippen LogP contribution in [0.4, 0.5) is 13.2 Å². The van der Waals surface area contributed by atoms with Gasteiger partial charge in [-0.25, -0.2) is 0 Å². The van der Waals surface area contributed by atoms with E-state index >= 15 is 0 Å². The number of nitrogens with one attached hydrogen (secondary N) is 1. The van der Waals surface area contributed by atoms with Crippen LogP contribution in [-0.2, 0) is 22.3 Å². The number of carbonyl (C=O) groups is 2. The molecule has 0 saturated carbocycles. The number of nitrogens with zero attached hydrogens (tertiary/aromatic N) is 3. The number of pyridine rings is 1. The van der Waals surface area contributed by atoms with E-state index in [9.17, 15) is 22.8 Å². The van der Waals surface area contributed by atoms with Gasteiger partial charge in [-0.3, -0.25) is 19.5 Å². The monoisotopic (exact) mass is 372 g/mol. The highest BCUT2D eigenvalue weighted by Gasteiger charge is 2.36. The Bertz CT molecular complexity index is 676. The number of hydrogen-bond acceptors (Lipinski definition) is 4. The summed E-state index contributed by atoms with van der Waals surface area (Å²) in [6, 6.07) is 0.718. The average molecular weight is 372 g/mol. The van der Waals surface area contributed by atoms with Gasteiger partial charge in [0, 0.05) is 39.3 Å². The van der Waals surface area contributed by atoms with Gasteiger partial charge in [0.25, 0.3) is 0 Å². The molecule has 2 heterocycles. The fraction of sp³-hybridized carbons (Fsp3) is 0.588. The van der Waals surface area contributed by atoms with E-state index in [0.29, 0.717) is 18.7 Å². The molecule has 2 amide bonds. The van der Waals surface area contributed by atoms with Crippen molar-refractivity contribution in [3.05, 3.63) is 29.1 Å². The highest BCUT2D eigenvalue weighted by Crippen LogP contribution is 2.36. The third-order valence-corrected chi connectivity index (χ3v) is 4.38. The molecule has 1 aliphatic rings. The zero-order chi connectivity index (χ0) is 19.5. The molecule has 1 N–H and O–H groups in total. The van der Waals surface area contributed by atoms with Crippen LogP contribution >= 0.6 is 0 Å². The quantitative estimate of drug-likeness (QED) is 0.858. The van der Waals surface area contributed by atoms with E-state index in [4.69, 9.17) is 0 Å². The predicted molar refractivity (Wildman–Crippen MR) is 89.0 cm³/mol. The highest BCUT2D eigenvalue weighted by molar-refractivity contribution is 5.77. The van der Waals surface area contributed by atoms with Crippen LogP contribution in [0.3, 0.4) is 0 Å². The summed E-state index contributed by atoms with van der Waals surface area (Å²) >= 11 is 0. The summed E-state index contributed by atoms with van der Waals surface area (Å²) in [5.41, 5.74) is -0.583. The second kappa shape index (κ2) is 8.03. The first kappa shape index (κ1) is 20.2. The molecule has 2 rings (SSSR count). The molecule has 0 aliphatic carbocycles. The number of likely N-dealkylation sites (tertiary alicyclic amines) is 1. The van der Waals surface area contributed by atoms with Crippen LogP contribution in [0, 0.1) is 0 Å². The molecule has 0 radical (unpaired) electrons. The molecule has 1 fully saturated rings. The minimum Gasteiger partial charge on any atom is -0.352 e. The predicted octanol–water partition coefficient (Wildman–Crippen LogP) is 1.96. The first-order chi connectivity index (χ1) is 12.1. The third-order valence-electron chi connectivity index (χ3n) is 4.38. The molecular weight excluding hydrogens is 349 g/mol. The summed E-state index contributed by atoms with van der Waals surface area (Å²) in [6.45, 7) is 1.80. The summed E-state index contributed by atoms with van der Waals surface area (Å²) < 4.78 is 40.3. The first-order valence-corrected chi connectivity index (χ1v) is 8.34. The van der Waals surface area contributed by atoms with E-state index in [2.05, 4.69) is 10.3 Å². The minimum atomic E-state index is -4.55. The van der Waals surface area contributed by atoms with Gasteiger partial charge in [0.05, 0.1) is 23.8 Å². The standard InChI is InChI=1S/C17H23F3N4O2/c1-11(25)21-8-12-9-22-14(7-13(12)17(18,19)20)15-5-4-6-24(15)10-16(26)23(2)3/h7,9,15H,4-6,8,10H2,1-3H3,(H,21,25)/t15-/m0/s1. The zero-order valence-corrected chi connectivity index (χ0v) is 15.1. The molecule has 0 aromatic carbocycles. The van der Waals surface area contributed by atoms with E-state index in [1.54, 1.807) is 14.1 Å². The Hall–Kier alpha value is -2.16. The van der Waals surface area contributed by atoms with Crippen LogP contribution < -0.4 is 5.32 Å². The molecule has 1 aromatic heterocycles. The topological polar surface area (TPSA) is 65.5 Å². The van der Waals surface area contributed by atoms with Gasteiger partial charge in [-0.2, -0.15) is 13.2 Å². The summed E-state index contributed by atoms with van der Waals surface area (Å²) in [6.07, 6.45) is -1.94. The number of hydrogen-bond donors (Lipinski definition) is 1. The highest BCUT2D eigenvalue weighted by atomic mass is 19.4. The Morgan fingerprint density at radius 2 is 2.08 bits per heavy atom. The summed E-state index contributed by atoms with van der Waals surface area (Å²) in [7, 11) is 3.29. The van der Waals surface area contributed by atoms with Gasteiger partial charge in [-0.15, -0.1) is 0 Å². The molecule has 1 aromatic rings. The smallest absolute Gasteiger partial charge is 0.352 e. The van der Waals surface area contributed by atoms with E-state index in [1.165, 1.54) is 18.0 Å². The summed E-state index contributed by atoms with van der Waals surface area (Å²) in [4.78, 5) is 30.5. The van der Waals surface area contributed by atoms with Crippen LogP contribution in [0.25, 0.3) is 0 Å². The van der Waals surface area contributed by atoms with Crippen molar-refractivity contribution in [2.45, 2.75) is 38.5 Å². The first-order valence-electron chi connectivity index (χ1n) is 8.34. The van der Waals surface area contributed by atoms with Gasteiger partial charge < -0.3 is 10.2 Å². The Morgan fingerprint density at radius 3 is 2.65 bits per heavy atom. The molecule has 0 spiro atoms. The molecule has 1 atom stereocenters. The lowest BCUT2D eigenvalue weighted by molar-refractivity contribution is -0.138. The van der Waals surface area contributed by atoms with Gasteiger partial charge in [-0.05, 0) is 25.5 Å². The van der Waals surface area contributed by atoms with Crippen molar-refractivity contribution in [1.29, 1.82) is 0 Å². The van der Waals surface area contributed by atoms with Crippen LogP contribution in [0.5, 0.6) is 0 Å². The number of alkyl halides is 3. The molecule has 26 heavy (non-hydrogen) atoms. The normalized spacial score (nSPS) is 18.0. The maximum absolute atomic E-state index is 13.4. The number of likely N-dealkylation sites (N-methyl/N-ethyl adjacent to an activating group) is 1. The van der Waals surface area contributed by atoms with Crippen molar-refractivity contribution in [2.75, 3.05) is 27.2 Å². The maximum atomic E-state index is 13.4. The molecular formula is C17H23F3N4O2. The van der Waals surface area contributed by atoms with E-state index in [-0.39, 0.29) is 30.6 Å². The fourth-order valence-corrected chi connectivity index (χ4v) is 2.97. The van der Waals surface area contributed by atoms with Gasteiger partial charge in [-0.1, -0.05) is 0 Å². The Balaban J connectivity index is 2.28. The Kier molecular flexibility index (Phi) is 6.22. The van der Waals surface area contributed by atoms with Crippen molar-refractivity contribution in [1.82, 2.24) is 20.1 Å². The average Bonchev–Trinajstić information content (AvgIpc) is 2.99. The number of carbonyl (C=O) groups excluding carboxylic acids is 2. The van der Waals surface area contributed by atoms with Crippen molar-refractivity contribution in [3.8, 4) is 0 Å². The van der Waals surface area contributed by atoms with Crippen molar-refractivity contribution >= 4 is 11.8 Å². The van der Waals surface area contributed by atoms with E-state index in [1.807, 2.05) is 4.90 Å². The number of rotatable bonds is 5. The molecule has 0 unspecified atom stereocenters. The Labute approximate surface area is 150 Å².